The van der Waals surface area contributed by atoms with Crippen molar-refractivity contribution in [2.24, 2.45) is 7.05 Å². The number of H-pyrrole nitrogens is 2. The van der Waals surface area contributed by atoms with Gasteiger partial charge in [0.25, 0.3) is 0 Å². The molecule has 23 heavy (non-hydrogen) atoms. The highest BCUT2D eigenvalue weighted by molar-refractivity contribution is 5.92. The molecular weight excluding hydrogens is 294 g/mol. The van der Waals surface area contributed by atoms with E-state index in [-0.39, 0.29) is 17.6 Å². The van der Waals surface area contributed by atoms with Gasteiger partial charge in [-0.3, -0.25) is 9.48 Å². The Hall–Kier alpha value is -3.09. The molecule has 2 heterocycles. The predicted octanol–water partition coefficient (Wildman–Crippen LogP) is 1.48. The molecule has 0 saturated heterocycles. The van der Waals surface area contributed by atoms with E-state index in [0.29, 0.717) is 0 Å². The summed E-state index contributed by atoms with van der Waals surface area (Å²) in [5.74, 6) is -0.191. The second-order valence-electron chi connectivity index (χ2n) is 5.40. The minimum absolute atomic E-state index is 0.177. The summed E-state index contributed by atoms with van der Waals surface area (Å²) < 4.78 is 1.67. The number of aromatic amines is 2. The number of amides is 1. The highest BCUT2D eigenvalue weighted by atomic mass is 16.1. The van der Waals surface area contributed by atoms with Crippen molar-refractivity contribution in [1.29, 1.82) is 0 Å². The Labute approximate surface area is 132 Å². The fourth-order valence-electron chi connectivity index (χ4n) is 2.36. The molecule has 3 aromatic rings. The standard InChI is InChI=1S/C16H17N5O2/c1-10(12-4-5-13-14(7-12)20-16(23)19-13)18-15(22)6-3-11-8-17-21(2)9-11/h3-10H,1-2H3,(H,18,22)(H2,19,20,23). The van der Waals surface area contributed by atoms with Crippen LogP contribution >= 0.6 is 0 Å². The number of carbonyl (C=O) groups is 1. The Kier molecular flexibility index (Phi) is 3.84. The molecule has 0 aliphatic rings. The van der Waals surface area contributed by atoms with Gasteiger partial charge in [0, 0.05) is 24.9 Å². The molecule has 7 nitrogen and oxygen atoms in total. The average molecular weight is 311 g/mol. The zero-order valence-corrected chi connectivity index (χ0v) is 12.8. The second-order valence-corrected chi connectivity index (χ2v) is 5.40. The smallest absolute Gasteiger partial charge is 0.323 e. The second kappa shape index (κ2) is 5.96. The number of aryl methyl sites for hydroxylation is 1. The molecular formula is C16H17N5O2. The number of hydrogen-bond acceptors (Lipinski definition) is 3. The van der Waals surface area contributed by atoms with Gasteiger partial charge in [-0.2, -0.15) is 5.10 Å². The molecule has 7 heteroatoms. The van der Waals surface area contributed by atoms with Crippen LogP contribution in [0.3, 0.4) is 0 Å². The van der Waals surface area contributed by atoms with Gasteiger partial charge < -0.3 is 15.3 Å². The first-order valence-corrected chi connectivity index (χ1v) is 7.20. The molecule has 3 N–H and O–H groups in total. The zero-order chi connectivity index (χ0) is 16.4. The Morgan fingerprint density at radius 3 is 2.87 bits per heavy atom. The molecule has 1 aromatic carbocycles. The highest BCUT2D eigenvalue weighted by Gasteiger charge is 2.09. The highest BCUT2D eigenvalue weighted by Crippen LogP contribution is 2.17. The number of nitrogens with zero attached hydrogens (tertiary/aromatic N) is 2. The van der Waals surface area contributed by atoms with Crippen molar-refractivity contribution in [2.45, 2.75) is 13.0 Å². The van der Waals surface area contributed by atoms with E-state index in [4.69, 9.17) is 0 Å². The topological polar surface area (TPSA) is 95.6 Å². The van der Waals surface area contributed by atoms with Crippen LogP contribution in [0.1, 0.15) is 24.1 Å². The predicted molar refractivity (Wildman–Crippen MR) is 87.7 cm³/mol. The van der Waals surface area contributed by atoms with Crippen LogP contribution in [0.2, 0.25) is 0 Å². The van der Waals surface area contributed by atoms with Crippen molar-refractivity contribution in [1.82, 2.24) is 25.1 Å². The van der Waals surface area contributed by atoms with Crippen LogP contribution in [-0.4, -0.2) is 25.7 Å². The molecule has 0 spiro atoms. The van der Waals surface area contributed by atoms with Gasteiger partial charge in [0.15, 0.2) is 0 Å². The number of benzene rings is 1. The lowest BCUT2D eigenvalue weighted by Gasteiger charge is -2.12. The van der Waals surface area contributed by atoms with E-state index < -0.39 is 0 Å². The van der Waals surface area contributed by atoms with Crippen LogP contribution in [0, 0.1) is 0 Å². The molecule has 0 aliphatic carbocycles. The average Bonchev–Trinajstić information content (AvgIpc) is 3.08. The summed E-state index contributed by atoms with van der Waals surface area (Å²) in [6.07, 6.45) is 6.69. The van der Waals surface area contributed by atoms with Crippen molar-refractivity contribution in [3.63, 3.8) is 0 Å². The van der Waals surface area contributed by atoms with Crippen LogP contribution in [-0.2, 0) is 11.8 Å². The van der Waals surface area contributed by atoms with Gasteiger partial charge >= 0.3 is 5.69 Å². The summed E-state index contributed by atoms with van der Waals surface area (Å²) >= 11 is 0. The van der Waals surface area contributed by atoms with Crippen molar-refractivity contribution < 1.29 is 4.79 Å². The Balaban J connectivity index is 1.69. The van der Waals surface area contributed by atoms with Crippen LogP contribution < -0.4 is 11.0 Å². The molecule has 3 rings (SSSR count). The quantitative estimate of drug-likeness (QED) is 0.637. The first-order chi connectivity index (χ1) is 11.0. The van der Waals surface area contributed by atoms with Gasteiger partial charge in [-0.1, -0.05) is 6.07 Å². The number of rotatable bonds is 4. The van der Waals surface area contributed by atoms with E-state index in [1.807, 2.05) is 38.4 Å². The van der Waals surface area contributed by atoms with E-state index in [1.165, 1.54) is 6.08 Å². The molecule has 0 bridgehead atoms. The number of fused-ring (bicyclic) bond motifs is 1. The van der Waals surface area contributed by atoms with Gasteiger partial charge in [-0.15, -0.1) is 0 Å². The molecule has 0 radical (unpaired) electrons. The third-order valence-electron chi connectivity index (χ3n) is 3.55. The van der Waals surface area contributed by atoms with E-state index in [9.17, 15) is 9.59 Å². The lowest BCUT2D eigenvalue weighted by molar-refractivity contribution is -0.117. The lowest BCUT2D eigenvalue weighted by atomic mass is 10.1. The van der Waals surface area contributed by atoms with Crippen molar-refractivity contribution in [2.75, 3.05) is 0 Å². The van der Waals surface area contributed by atoms with Gasteiger partial charge in [0.05, 0.1) is 23.3 Å². The Bertz CT molecular complexity index is 931. The molecule has 1 amide bonds. The normalized spacial score (nSPS) is 12.8. The van der Waals surface area contributed by atoms with Gasteiger partial charge in [-0.05, 0) is 30.7 Å². The fourth-order valence-corrected chi connectivity index (χ4v) is 2.36. The Morgan fingerprint density at radius 2 is 2.13 bits per heavy atom. The van der Waals surface area contributed by atoms with Crippen LogP contribution in [0.5, 0.6) is 0 Å². The van der Waals surface area contributed by atoms with Crippen LogP contribution in [0.4, 0.5) is 0 Å². The molecule has 0 aliphatic heterocycles. The summed E-state index contributed by atoms with van der Waals surface area (Å²) in [7, 11) is 1.82. The molecule has 2 aromatic heterocycles. The van der Waals surface area contributed by atoms with Gasteiger partial charge in [0.1, 0.15) is 0 Å². The summed E-state index contributed by atoms with van der Waals surface area (Å²) in [4.78, 5) is 28.7. The lowest BCUT2D eigenvalue weighted by Crippen LogP contribution is -2.24. The molecule has 1 atom stereocenters. The third kappa shape index (κ3) is 3.39. The number of imidazole rings is 1. The van der Waals surface area contributed by atoms with E-state index in [0.717, 1.165) is 22.2 Å². The summed E-state index contributed by atoms with van der Waals surface area (Å²) in [6, 6.07) is 5.37. The van der Waals surface area contributed by atoms with E-state index >= 15 is 0 Å². The fraction of sp³-hybridized carbons (Fsp3) is 0.188. The largest absolute Gasteiger partial charge is 0.346 e. The minimum Gasteiger partial charge on any atom is -0.346 e. The number of hydrogen-bond donors (Lipinski definition) is 3. The Morgan fingerprint density at radius 1 is 1.35 bits per heavy atom. The van der Waals surface area contributed by atoms with Gasteiger partial charge in [-0.25, -0.2) is 4.79 Å². The summed E-state index contributed by atoms with van der Waals surface area (Å²) in [5.41, 5.74) is 3.00. The van der Waals surface area contributed by atoms with Crippen molar-refractivity contribution in [3.05, 3.63) is 58.3 Å². The summed E-state index contributed by atoms with van der Waals surface area (Å²) in [5, 5.41) is 6.93. The number of aromatic nitrogens is 4. The van der Waals surface area contributed by atoms with Crippen LogP contribution in [0.25, 0.3) is 17.1 Å². The first-order valence-electron chi connectivity index (χ1n) is 7.20. The third-order valence-corrected chi connectivity index (χ3v) is 3.55. The monoisotopic (exact) mass is 311 g/mol. The molecule has 1 unspecified atom stereocenters. The molecule has 0 saturated carbocycles. The maximum Gasteiger partial charge on any atom is 0.323 e. The summed E-state index contributed by atoms with van der Waals surface area (Å²) in [6.45, 7) is 1.89. The molecule has 0 fully saturated rings. The minimum atomic E-state index is -0.242. The zero-order valence-electron chi connectivity index (χ0n) is 12.8. The van der Waals surface area contributed by atoms with Crippen molar-refractivity contribution >= 4 is 23.0 Å². The van der Waals surface area contributed by atoms with Crippen LogP contribution in [0.15, 0.2) is 41.5 Å². The number of nitrogens with one attached hydrogen (secondary N) is 3. The maximum atomic E-state index is 12.0. The first kappa shape index (κ1) is 14.8. The van der Waals surface area contributed by atoms with E-state index in [1.54, 1.807) is 17.0 Å². The maximum absolute atomic E-state index is 12.0. The van der Waals surface area contributed by atoms with Gasteiger partial charge in [0.2, 0.25) is 5.91 Å². The van der Waals surface area contributed by atoms with E-state index in [2.05, 4.69) is 20.4 Å². The number of carbonyl (C=O) groups excluding carboxylic acids is 1. The molecule has 118 valence electrons. The van der Waals surface area contributed by atoms with Crippen molar-refractivity contribution in [3.8, 4) is 0 Å². The SMILES string of the molecule is CC(NC(=O)C=Cc1cnn(C)c1)c1ccc2[nH]c(=O)[nH]c2c1.